The minimum atomic E-state index is 0.0154. The van der Waals surface area contributed by atoms with Crippen molar-refractivity contribution in [1.29, 1.82) is 0 Å². The van der Waals surface area contributed by atoms with E-state index in [4.69, 9.17) is 9.73 Å². The highest BCUT2D eigenvalue weighted by Crippen LogP contribution is 2.42. The van der Waals surface area contributed by atoms with Crippen molar-refractivity contribution in [2.75, 3.05) is 23.9 Å². The van der Waals surface area contributed by atoms with Gasteiger partial charge in [-0.2, -0.15) is 0 Å². The number of aliphatic imine (C=N–C) groups is 1. The third-order valence-corrected chi connectivity index (χ3v) is 4.68. The number of likely N-dealkylation sites (N-methyl/N-ethyl adjacent to an activating group) is 1. The summed E-state index contributed by atoms with van der Waals surface area (Å²) in [4.78, 5) is 7.19. The molecule has 0 fully saturated rings. The molecule has 23 heavy (non-hydrogen) atoms. The van der Waals surface area contributed by atoms with Crippen molar-refractivity contribution in [3.8, 4) is 0 Å². The highest BCUT2D eigenvalue weighted by Gasteiger charge is 2.46. The molecule has 2 aromatic carbocycles. The number of para-hydroxylation sites is 2. The third-order valence-electron chi connectivity index (χ3n) is 4.68. The van der Waals surface area contributed by atoms with Gasteiger partial charge in [0, 0.05) is 7.05 Å². The molecular weight excluding hydrogens is 286 g/mol. The van der Waals surface area contributed by atoms with Crippen molar-refractivity contribution < 1.29 is 4.74 Å². The molecule has 0 unspecified atom stereocenters. The molecule has 0 aromatic heterocycles. The van der Waals surface area contributed by atoms with E-state index in [9.17, 15) is 0 Å². The van der Waals surface area contributed by atoms with Crippen LogP contribution in [0.5, 0.6) is 0 Å². The van der Waals surface area contributed by atoms with E-state index in [1.807, 2.05) is 13.0 Å². The lowest BCUT2D eigenvalue weighted by molar-refractivity contribution is 0.313. The average molecular weight is 307 g/mol. The van der Waals surface area contributed by atoms with Gasteiger partial charge in [-0.15, -0.1) is 0 Å². The topological polar surface area (TPSA) is 36.9 Å². The van der Waals surface area contributed by atoms with E-state index in [0.29, 0.717) is 6.61 Å². The number of nitrogens with one attached hydrogen (secondary N) is 1. The van der Waals surface area contributed by atoms with Crippen molar-refractivity contribution in [3.63, 3.8) is 0 Å². The molecule has 0 saturated heterocycles. The predicted molar refractivity (Wildman–Crippen MR) is 94.3 cm³/mol. The van der Waals surface area contributed by atoms with Gasteiger partial charge in [-0.3, -0.25) is 0 Å². The van der Waals surface area contributed by atoms with Crippen LogP contribution in [0.3, 0.4) is 0 Å². The fourth-order valence-corrected chi connectivity index (χ4v) is 3.67. The molecule has 4 rings (SSSR count). The lowest BCUT2D eigenvalue weighted by atomic mass is 9.89. The van der Waals surface area contributed by atoms with Crippen molar-refractivity contribution in [1.82, 2.24) is 0 Å². The molecule has 118 valence electrons. The second kappa shape index (κ2) is 5.61. The summed E-state index contributed by atoms with van der Waals surface area (Å²) in [6.07, 6.45) is 0.0154. The average Bonchev–Trinajstić information content (AvgIpc) is 2.94. The number of ether oxygens (including phenoxy) is 1. The quantitative estimate of drug-likeness (QED) is 0.923. The Hall–Kier alpha value is -2.49. The maximum Gasteiger partial charge on any atom is 0.195 e. The Kier molecular flexibility index (Phi) is 3.45. The lowest BCUT2D eigenvalue weighted by Gasteiger charge is -2.40. The molecule has 0 radical (unpaired) electrons. The first-order valence-electron chi connectivity index (χ1n) is 8.13. The van der Waals surface area contributed by atoms with Crippen LogP contribution in [0, 0.1) is 0 Å². The number of hydrogen-bond acceptors (Lipinski definition) is 4. The van der Waals surface area contributed by atoms with Crippen LogP contribution in [0.1, 0.15) is 18.4 Å². The molecule has 0 bridgehead atoms. The summed E-state index contributed by atoms with van der Waals surface area (Å²) in [5.74, 6) is 0.980. The van der Waals surface area contributed by atoms with Crippen molar-refractivity contribution in [3.05, 3.63) is 60.2 Å². The molecule has 1 N–H and O–H groups in total. The van der Waals surface area contributed by atoms with Gasteiger partial charge in [-0.05, 0) is 24.6 Å². The molecule has 0 aliphatic carbocycles. The van der Waals surface area contributed by atoms with Gasteiger partial charge in [-0.25, -0.2) is 4.99 Å². The monoisotopic (exact) mass is 307 g/mol. The summed E-state index contributed by atoms with van der Waals surface area (Å²) in [7, 11) is 2.15. The van der Waals surface area contributed by atoms with Crippen LogP contribution in [0.4, 0.5) is 11.4 Å². The van der Waals surface area contributed by atoms with Gasteiger partial charge in [0.1, 0.15) is 6.17 Å². The minimum Gasteiger partial charge on any atom is -0.481 e. The SMILES string of the molecule is CCOC1=N[C@@H]2Nc3ccccc3N(C)[C@H]2[C@H]1c1ccccc1. The van der Waals surface area contributed by atoms with Crippen molar-refractivity contribution in [2.24, 2.45) is 4.99 Å². The molecular formula is C19H21N3O. The fraction of sp³-hybridized carbons (Fsp3) is 0.316. The summed E-state index contributed by atoms with van der Waals surface area (Å²) in [6.45, 7) is 2.65. The summed E-state index contributed by atoms with van der Waals surface area (Å²) in [5, 5.41) is 3.57. The molecule has 2 aliphatic heterocycles. The molecule has 0 saturated carbocycles. The predicted octanol–water partition coefficient (Wildman–Crippen LogP) is 3.48. The molecule has 2 aromatic rings. The van der Waals surface area contributed by atoms with E-state index in [2.05, 4.69) is 65.8 Å². The standard InChI is InChI=1S/C19H21N3O/c1-3-23-19-16(13-9-5-4-6-10-13)17-18(21-19)20-14-11-7-8-12-15(14)22(17)2/h4-12,16-18,20H,3H2,1-2H3/t16-,17+,18+/m1/s1. The van der Waals surface area contributed by atoms with E-state index < -0.39 is 0 Å². The second-order valence-electron chi connectivity index (χ2n) is 6.00. The van der Waals surface area contributed by atoms with Gasteiger partial charge in [0.2, 0.25) is 0 Å². The first-order valence-corrected chi connectivity index (χ1v) is 8.13. The van der Waals surface area contributed by atoms with Crippen LogP contribution in [0.2, 0.25) is 0 Å². The second-order valence-corrected chi connectivity index (χ2v) is 6.00. The minimum absolute atomic E-state index is 0.0154. The number of hydrogen-bond donors (Lipinski definition) is 1. The van der Waals surface area contributed by atoms with Crippen molar-refractivity contribution >= 4 is 17.3 Å². The first kappa shape index (κ1) is 14.1. The number of nitrogens with zero attached hydrogens (tertiary/aromatic N) is 2. The zero-order chi connectivity index (χ0) is 15.8. The summed E-state index contributed by atoms with van der Waals surface area (Å²) in [6, 6.07) is 19.1. The molecule has 0 amide bonds. The van der Waals surface area contributed by atoms with Gasteiger partial charge in [0.15, 0.2) is 5.90 Å². The van der Waals surface area contributed by atoms with E-state index >= 15 is 0 Å². The van der Waals surface area contributed by atoms with Crippen LogP contribution in [0.15, 0.2) is 59.6 Å². The zero-order valence-electron chi connectivity index (χ0n) is 13.4. The van der Waals surface area contributed by atoms with Gasteiger partial charge < -0.3 is 15.0 Å². The van der Waals surface area contributed by atoms with E-state index in [0.717, 1.165) is 11.6 Å². The van der Waals surface area contributed by atoms with Crippen LogP contribution in [0.25, 0.3) is 0 Å². The normalized spacial score (nSPS) is 25.2. The molecule has 2 aliphatic rings. The Bertz CT molecular complexity index is 728. The largest absolute Gasteiger partial charge is 0.481 e. The molecule has 4 heteroatoms. The Balaban J connectivity index is 1.78. The smallest absolute Gasteiger partial charge is 0.195 e. The van der Waals surface area contributed by atoms with Crippen LogP contribution in [-0.4, -0.2) is 31.8 Å². The maximum atomic E-state index is 5.89. The van der Waals surface area contributed by atoms with Gasteiger partial charge in [0.25, 0.3) is 0 Å². The van der Waals surface area contributed by atoms with E-state index in [1.54, 1.807) is 0 Å². The summed E-state index contributed by atoms with van der Waals surface area (Å²) in [5.41, 5.74) is 3.59. The first-order chi connectivity index (χ1) is 11.3. The van der Waals surface area contributed by atoms with Crippen LogP contribution >= 0.6 is 0 Å². The van der Waals surface area contributed by atoms with E-state index in [-0.39, 0.29) is 18.1 Å². The maximum absolute atomic E-state index is 5.89. The van der Waals surface area contributed by atoms with E-state index in [1.165, 1.54) is 11.3 Å². The highest BCUT2D eigenvalue weighted by molar-refractivity contribution is 5.90. The summed E-state index contributed by atoms with van der Waals surface area (Å²) < 4.78 is 5.89. The Morgan fingerprint density at radius 1 is 1.09 bits per heavy atom. The number of benzene rings is 2. The molecule has 4 nitrogen and oxygen atoms in total. The van der Waals surface area contributed by atoms with Crippen LogP contribution < -0.4 is 10.2 Å². The fourth-order valence-electron chi connectivity index (χ4n) is 3.67. The highest BCUT2D eigenvalue weighted by atomic mass is 16.5. The molecule has 0 spiro atoms. The Morgan fingerprint density at radius 2 is 1.83 bits per heavy atom. The van der Waals surface area contributed by atoms with Crippen molar-refractivity contribution in [2.45, 2.75) is 25.0 Å². The molecule has 2 heterocycles. The Labute approximate surface area is 136 Å². The van der Waals surface area contributed by atoms with Gasteiger partial charge in [0.05, 0.1) is 29.9 Å². The van der Waals surface area contributed by atoms with Crippen LogP contribution in [-0.2, 0) is 4.74 Å². The zero-order valence-corrected chi connectivity index (χ0v) is 13.4. The Morgan fingerprint density at radius 3 is 2.61 bits per heavy atom. The third kappa shape index (κ3) is 2.25. The number of fused-ring (bicyclic) bond motifs is 2. The lowest BCUT2D eigenvalue weighted by Crippen LogP contribution is -2.49. The van der Waals surface area contributed by atoms with Gasteiger partial charge in [-0.1, -0.05) is 42.5 Å². The van der Waals surface area contributed by atoms with Gasteiger partial charge >= 0.3 is 0 Å². The number of anilines is 2. The number of rotatable bonds is 2. The molecule has 3 atom stereocenters. The summed E-state index contributed by atoms with van der Waals surface area (Å²) >= 11 is 0.